The highest BCUT2D eigenvalue weighted by atomic mass is 16.4. The van der Waals surface area contributed by atoms with E-state index in [1.54, 1.807) is 29.2 Å². The maximum Gasteiger partial charge on any atom is 0.320 e. The highest BCUT2D eigenvalue weighted by Gasteiger charge is 2.15. The Kier molecular flexibility index (Phi) is 2.34. The van der Waals surface area contributed by atoms with Gasteiger partial charge in [0.25, 0.3) is 0 Å². The van der Waals surface area contributed by atoms with Crippen molar-refractivity contribution < 1.29 is 9.90 Å². The molecule has 0 spiro atoms. The van der Waals surface area contributed by atoms with E-state index in [2.05, 4.69) is 10.1 Å². The SMILES string of the molecule is NC(Cc1cnn2cccnc12)C(=O)O. The first-order chi connectivity index (χ1) is 7.18. The zero-order valence-corrected chi connectivity index (χ0v) is 7.87. The highest BCUT2D eigenvalue weighted by Crippen LogP contribution is 2.08. The lowest BCUT2D eigenvalue weighted by Crippen LogP contribution is -2.32. The van der Waals surface area contributed by atoms with E-state index in [0.717, 1.165) is 5.56 Å². The molecule has 0 aliphatic carbocycles. The van der Waals surface area contributed by atoms with Crippen LogP contribution in [0.1, 0.15) is 5.56 Å². The van der Waals surface area contributed by atoms with Gasteiger partial charge in [-0.25, -0.2) is 9.50 Å². The molecule has 0 radical (unpaired) electrons. The zero-order chi connectivity index (χ0) is 10.8. The molecule has 3 N–H and O–H groups in total. The molecule has 78 valence electrons. The second-order valence-electron chi connectivity index (χ2n) is 3.21. The van der Waals surface area contributed by atoms with Crippen LogP contribution in [0.3, 0.4) is 0 Å². The Bertz CT molecular complexity index is 494. The number of hydrogen-bond donors (Lipinski definition) is 2. The molecule has 6 nitrogen and oxygen atoms in total. The summed E-state index contributed by atoms with van der Waals surface area (Å²) in [5.74, 6) is -1.02. The third-order valence-corrected chi connectivity index (χ3v) is 2.11. The molecular weight excluding hydrogens is 196 g/mol. The molecule has 15 heavy (non-hydrogen) atoms. The summed E-state index contributed by atoms with van der Waals surface area (Å²) in [5, 5.41) is 12.7. The number of rotatable bonds is 3. The van der Waals surface area contributed by atoms with E-state index in [1.807, 2.05) is 0 Å². The third kappa shape index (κ3) is 1.79. The van der Waals surface area contributed by atoms with Gasteiger partial charge in [0.1, 0.15) is 6.04 Å². The van der Waals surface area contributed by atoms with Crippen LogP contribution in [0.2, 0.25) is 0 Å². The number of nitrogens with zero attached hydrogens (tertiary/aromatic N) is 3. The molecular formula is C9H10N4O2. The Labute approximate surface area is 85.3 Å². The quantitative estimate of drug-likeness (QED) is 0.718. The first kappa shape index (κ1) is 9.60. The fraction of sp³-hybridized carbons (Fsp3) is 0.222. The lowest BCUT2D eigenvalue weighted by atomic mass is 10.1. The molecule has 2 rings (SSSR count). The van der Waals surface area contributed by atoms with E-state index >= 15 is 0 Å². The van der Waals surface area contributed by atoms with E-state index in [9.17, 15) is 4.79 Å². The molecule has 2 heterocycles. The summed E-state index contributed by atoms with van der Waals surface area (Å²) in [7, 11) is 0. The summed E-state index contributed by atoms with van der Waals surface area (Å²) in [6.45, 7) is 0. The van der Waals surface area contributed by atoms with Gasteiger partial charge in [-0.2, -0.15) is 5.10 Å². The normalized spacial score (nSPS) is 12.9. The van der Waals surface area contributed by atoms with Gasteiger partial charge in [-0.1, -0.05) is 0 Å². The Morgan fingerprint density at radius 3 is 3.20 bits per heavy atom. The van der Waals surface area contributed by atoms with Gasteiger partial charge < -0.3 is 10.8 Å². The number of nitrogens with two attached hydrogens (primary N) is 1. The highest BCUT2D eigenvalue weighted by molar-refractivity contribution is 5.74. The minimum Gasteiger partial charge on any atom is -0.480 e. The molecule has 0 aliphatic heterocycles. The van der Waals surface area contributed by atoms with Crippen molar-refractivity contribution in [2.45, 2.75) is 12.5 Å². The Morgan fingerprint density at radius 1 is 1.67 bits per heavy atom. The van der Waals surface area contributed by atoms with E-state index in [0.29, 0.717) is 5.65 Å². The Morgan fingerprint density at radius 2 is 2.47 bits per heavy atom. The summed E-state index contributed by atoms with van der Waals surface area (Å²) in [6, 6.07) is 0.834. The van der Waals surface area contributed by atoms with Crippen LogP contribution in [0.25, 0.3) is 5.65 Å². The molecule has 0 saturated heterocycles. The fourth-order valence-corrected chi connectivity index (χ4v) is 1.34. The van der Waals surface area contributed by atoms with E-state index in [4.69, 9.17) is 10.8 Å². The van der Waals surface area contributed by atoms with Crippen LogP contribution in [0.4, 0.5) is 0 Å². The van der Waals surface area contributed by atoms with Crippen molar-refractivity contribution in [3.63, 3.8) is 0 Å². The van der Waals surface area contributed by atoms with Crippen LogP contribution in [0.5, 0.6) is 0 Å². The van der Waals surface area contributed by atoms with Gasteiger partial charge in [-0.15, -0.1) is 0 Å². The lowest BCUT2D eigenvalue weighted by Gasteiger charge is -2.03. The van der Waals surface area contributed by atoms with Crippen molar-refractivity contribution in [2.24, 2.45) is 5.73 Å². The molecule has 1 atom stereocenters. The van der Waals surface area contributed by atoms with Crippen molar-refractivity contribution in [1.82, 2.24) is 14.6 Å². The third-order valence-electron chi connectivity index (χ3n) is 2.11. The van der Waals surface area contributed by atoms with Gasteiger partial charge in [0, 0.05) is 24.4 Å². The molecule has 0 aliphatic rings. The minimum absolute atomic E-state index is 0.232. The summed E-state index contributed by atoms with van der Waals surface area (Å²) in [4.78, 5) is 14.7. The number of fused-ring (bicyclic) bond motifs is 1. The number of hydrogen-bond acceptors (Lipinski definition) is 4. The Hall–Kier alpha value is -1.95. The van der Waals surface area contributed by atoms with Crippen molar-refractivity contribution in [2.75, 3.05) is 0 Å². The van der Waals surface area contributed by atoms with Crippen LogP contribution in [-0.4, -0.2) is 31.7 Å². The van der Waals surface area contributed by atoms with Crippen LogP contribution in [0, 0.1) is 0 Å². The zero-order valence-electron chi connectivity index (χ0n) is 7.87. The van der Waals surface area contributed by atoms with Crippen molar-refractivity contribution >= 4 is 11.6 Å². The smallest absolute Gasteiger partial charge is 0.320 e. The number of aliphatic carboxylic acids is 1. The van der Waals surface area contributed by atoms with Gasteiger partial charge >= 0.3 is 5.97 Å². The first-order valence-electron chi connectivity index (χ1n) is 4.44. The molecule has 0 amide bonds. The molecule has 1 unspecified atom stereocenters. The van der Waals surface area contributed by atoms with Crippen LogP contribution in [0.15, 0.2) is 24.7 Å². The maximum atomic E-state index is 10.6. The molecule has 0 bridgehead atoms. The second kappa shape index (κ2) is 3.66. The van der Waals surface area contributed by atoms with Gasteiger partial charge in [-0.3, -0.25) is 4.79 Å². The topological polar surface area (TPSA) is 93.5 Å². The number of carbonyl (C=O) groups is 1. The van der Waals surface area contributed by atoms with Gasteiger partial charge in [0.15, 0.2) is 5.65 Å². The number of aromatic nitrogens is 3. The average molecular weight is 206 g/mol. The summed E-state index contributed by atoms with van der Waals surface area (Å²) >= 11 is 0. The van der Waals surface area contributed by atoms with Crippen molar-refractivity contribution in [3.05, 3.63) is 30.2 Å². The van der Waals surface area contributed by atoms with E-state index in [1.165, 1.54) is 0 Å². The first-order valence-corrected chi connectivity index (χ1v) is 4.44. The largest absolute Gasteiger partial charge is 0.480 e. The van der Waals surface area contributed by atoms with Crippen LogP contribution in [-0.2, 0) is 11.2 Å². The molecule has 0 saturated carbocycles. The van der Waals surface area contributed by atoms with E-state index in [-0.39, 0.29) is 6.42 Å². The Balaban J connectivity index is 2.32. The summed E-state index contributed by atoms with van der Waals surface area (Å²) < 4.78 is 1.59. The van der Waals surface area contributed by atoms with Crippen molar-refractivity contribution in [3.8, 4) is 0 Å². The van der Waals surface area contributed by atoms with Crippen molar-refractivity contribution in [1.29, 1.82) is 0 Å². The van der Waals surface area contributed by atoms with Gasteiger partial charge in [0.05, 0.1) is 6.20 Å². The molecule has 0 fully saturated rings. The molecule has 2 aromatic rings. The van der Waals surface area contributed by atoms with Crippen LogP contribution < -0.4 is 5.73 Å². The predicted octanol–water partition coefficient (Wildman–Crippen LogP) is -0.316. The number of carboxylic acids is 1. The van der Waals surface area contributed by atoms with Gasteiger partial charge in [-0.05, 0) is 6.07 Å². The fourth-order valence-electron chi connectivity index (χ4n) is 1.34. The van der Waals surface area contributed by atoms with E-state index < -0.39 is 12.0 Å². The van der Waals surface area contributed by atoms with Gasteiger partial charge in [0.2, 0.25) is 0 Å². The summed E-state index contributed by atoms with van der Waals surface area (Å²) in [5.41, 5.74) is 6.82. The van der Waals surface area contributed by atoms with Crippen LogP contribution >= 0.6 is 0 Å². The average Bonchev–Trinajstić information content (AvgIpc) is 2.62. The number of carboxylic acid groups (broad SMARTS) is 1. The molecule has 2 aromatic heterocycles. The maximum absolute atomic E-state index is 10.6. The predicted molar refractivity (Wildman–Crippen MR) is 52.3 cm³/mol. The lowest BCUT2D eigenvalue weighted by molar-refractivity contribution is -0.138. The molecule has 0 aromatic carbocycles. The standard InChI is InChI=1S/C9H10N4O2/c10-7(9(14)15)4-6-5-12-13-3-1-2-11-8(6)13/h1-3,5,7H,4,10H2,(H,14,15). The second-order valence-corrected chi connectivity index (χ2v) is 3.21. The molecule has 6 heteroatoms. The monoisotopic (exact) mass is 206 g/mol. The summed E-state index contributed by atoms with van der Waals surface area (Å²) in [6.07, 6.45) is 5.20. The minimum atomic E-state index is -1.02.